The molecule has 0 radical (unpaired) electrons. The first-order chi connectivity index (χ1) is 16.2. The first kappa shape index (κ1) is 25.8. The van der Waals surface area contributed by atoms with Gasteiger partial charge in [0.2, 0.25) is 11.8 Å². The van der Waals surface area contributed by atoms with Crippen molar-refractivity contribution in [3.8, 4) is 0 Å². The van der Waals surface area contributed by atoms with E-state index >= 15 is 0 Å². The third-order valence-electron chi connectivity index (χ3n) is 5.99. The highest BCUT2D eigenvalue weighted by Gasteiger charge is 2.39. The Balaban J connectivity index is 2.02. The molecule has 1 saturated heterocycles. The van der Waals surface area contributed by atoms with Crippen LogP contribution in [0, 0.1) is 0 Å². The van der Waals surface area contributed by atoms with Crippen molar-refractivity contribution in [1.82, 2.24) is 15.6 Å². The quantitative estimate of drug-likeness (QED) is 0.488. The number of nitrogens with zero attached hydrogens (tertiary/aromatic N) is 2. The number of aromatic nitrogens is 1. The Morgan fingerprint density at radius 1 is 1.26 bits per heavy atom. The fourth-order valence-corrected chi connectivity index (χ4v) is 4.08. The minimum Gasteiger partial charge on any atom is -0.392 e. The molecule has 3 rings (SSSR count). The molecule has 2 aromatic rings. The number of anilines is 1. The predicted molar refractivity (Wildman–Crippen MR) is 132 cm³/mol. The molecule has 0 aliphatic carbocycles. The number of benzene rings is 1. The van der Waals surface area contributed by atoms with Crippen LogP contribution in [0.15, 0.2) is 48.8 Å². The minimum atomic E-state index is -0.913. The molecule has 0 saturated carbocycles. The van der Waals surface area contributed by atoms with Crippen molar-refractivity contribution in [2.45, 2.75) is 57.2 Å². The smallest absolute Gasteiger partial charge is 0.247 e. The van der Waals surface area contributed by atoms with Crippen molar-refractivity contribution >= 4 is 17.5 Å². The van der Waals surface area contributed by atoms with Gasteiger partial charge in [-0.15, -0.1) is 0 Å². The van der Waals surface area contributed by atoms with E-state index in [-0.39, 0.29) is 17.2 Å². The Kier molecular flexibility index (Phi) is 8.77. The third-order valence-corrected chi connectivity index (χ3v) is 5.99. The standard InChI is InChI=1S/C26H36N4O4/c1-26(2,3)19-8-10-20(11-9-19)30(25(33)22-15-21(31)17-29-22)23(18-7-5-12-27-16-18)24(32)28-13-6-14-34-4/h5,7-12,16,21-23,29,31H,6,13-15,17H2,1-4H3,(H,28,32)/t21-,22-,23?/m1/s1. The molecule has 8 heteroatoms. The number of carbonyl (C=O) groups is 2. The number of hydrogen-bond donors (Lipinski definition) is 3. The highest BCUT2D eigenvalue weighted by atomic mass is 16.5. The minimum absolute atomic E-state index is 0.0496. The van der Waals surface area contributed by atoms with E-state index in [4.69, 9.17) is 4.74 Å². The molecule has 1 aliphatic rings. The topological polar surface area (TPSA) is 104 Å². The highest BCUT2D eigenvalue weighted by molar-refractivity contribution is 6.03. The Bertz CT molecular complexity index is 944. The second-order valence-corrected chi connectivity index (χ2v) is 9.68. The lowest BCUT2D eigenvalue weighted by Gasteiger charge is -2.33. The molecule has 1 aromatic heterocycles. The van der Waals surface area contributed by atoms with Crippen LogP contribution in [0.3, 0.4) is 0 Å². The normalized spacial score (nSPS) is 19.0. The molecule has 0 bridgehead atoms. The summed E-state index contributed by atoms with van der Waals surface area (Å²) in [6, 6.07) is 9.79. The number of amides is 2. The number of aliphatic hydroxyl groups is 1. The van der Waals surface area contributed by atoms with Crippen molar-refractivity contribution in [3.05, 3.63) is 59.9 Å². The van der Waals surface area contributed by atoms with Gasteiger partial charge in [-0.3, -0.25) is 19.5 Å². The molecular formula is C26H36N4O4. The fraction of sp³-hybridized carbons (Fsp3) is 0.500. The van der Waals surface area contributed by atoms with Crippen LogP contribution in [-0.2, 0) is 19.7 Å². The number of pyridine rings is 1. The van der Waals surface area contributed by atoms with Crippen molar-refractivity contribution in [2.24, 2.45) is 0 Å². The van der Waals surface area contributed by atoms with Crippen LogP contribution in [0.5, 0.6) is 0 Å². The summed E-state index contributed by atoms with van der Waals surface area (Å²) in [7, 11) is 1.62. The van der Waals surface area contributed by atoms with Crippen LogP contribution in [0.4, 0.5) is 5.69 Å². The molecule has 34 heavy (non-hydrogen) atoms. The van der Waals surface area contributed by atoms with Gasteiger partial charge in [-0.2, -0.15) is 0 Å². The summed E-state index contributed by atoms with van der Waals surface area (Å²) in [5.41, 5.74) is 2.30. The van der Waals surface area contributed by atoms with Gasteiger partial charge in [-0.25, -0.2) is 0 Å². The summed E-state index contributed by atoms with van der Waals surface area (Å²) in [6.07, 6.45) is 3.60. The van der Waals surface area contributed by atoms with Gasteiger partial charge in [-0.1, -0.05) is 39.0 Å². The van der Waals surface area contributed by atoms with Crippen LogP contribution >= 0.6 is 0 Å². The number of hydrogen-bond acceptors (Lipinski definition) is 6. The van der Waals surface area contributed by atoms with Gasteiger partial charge >= 0.3 is 0 Å². The lowest BCUT2D eigenvalue weighted by molar-refractivity contribution is -0.127. The molecule has 3 atom stereocenters. The van der Waals surface area contributed by atoms with Gasteiger partial charge < -0.3 is 20.5 Å². The predicted octanol–water partition coefficient (Wildman–Crippen LogP) is 2.33. The summed E-state index contributed by atoms with van der Waals surface area (Å²) >= 11 is 0. The molecule has 1 unspecified atom stereocenters. The molecule has 1 fully saturated rings. The first-order valence-electron chi connectivity index (χ1n) is 11.7. The van der Waals surface area contributed by atoms with Gasteiger partial charge in [0.05, 0.1) is 12.1 Å². The molecule has 184 valence electrons. The largest absolute Gasteiger partial charge is 0.392 e. The zero-order chi connectivity index (χ0) is 24.7. The Hall–Kier alpha value is -2.81. The maximum absolute atomic E-state index is 13.8. The van der Waals surface area contributed by atoms with Crippen molar-refractivity contribution in [3.63, 3.8) is 0 Å². The Morgan fingerprint density at radius 2 is 2.00 bits per heavy atom. The summed E-state index contributed by atoms with van der Waals surface area (Å²) in [6.45, 7) is 7.67. The van der Waals surface area contributed by atoms with Crippen LogP contribution < -0.4 is 15.5 Å². The molecule has 1 aliphatic heterocycles. The number of β-amino-alcohol motifs (C(OH)–C–C–N with tert-alkyl or cyclic N) is 1. The lowest BCUT2D eigenvalue weighted by atomic mass is 9.87. The van der Waals surface area contributed by atoms with E-state index < -0.39 is 18.2 Å². The van der Waals surface area contributed by atoms with E-state index in [0.29, 0.717) is 43.8 Å². The monoisotopic (exact) mass is 468 g/mol. The molecular weight excluding hydrogens is 432 g/mol. The maximum atomic E-state index is 13.8. The summed E-state index contributed by atoms with van der Waals surface area (Å²) in [4.78, 5) is 33.0. The summed E-state index contributed by atoms with van der Waals surface area (Å²) < 4.78 is 5.08. The summed E-state index contributed by atoms with van der Waals surface area (Å²) in [5, 5.41) is 16.1. The molecule has 2 heterocycles. The second kappa shape index (κ2) is 11.6. The van der Waals surface area contributed by atoms with Crippen LogP contribution in [0.2, 0.25) is 0 Å². The highest BCUT2D eigenvalue weighted by Crippen LogP contribution is 2.32. The third kappa shape index (κ3) is 6.40. The number of nitrogens with one attached hydrogen (secondary N) is 2. The number of aliphatic hydroxyl groups excluding tert-OH is 1. The summed E-state index contributed by atoms with van der Waals surface area (Å²) in [5.74, 6) is -0.558. The van der Waals surface area contributed by atoms with Gasteiger partial charge in [0.1, 0.15) is 6.04 Å². The Morgan fingerprint density at radius 3 is 2.56 bits per heavy atom. The van der Waals surface area contributed by atoms with E-state index in [0.717, 1.165) is 5.56 Å². The lowest BCUT2D eigenvalue weighted by Crippen LogP contribution is -2.50. The molecule has 8 nitrogen and oxygen atoms in total. The fourth-order valence-electron chi connectivity index (χ4n) is 4.08. The number of methoxy groups -OCH3 is 1. The van der Waals surface area contributed by atoms with Gasteiger partial charge in [-0.05, 0) is 42.0 Å². The van der Waals surface area contributed by atoms with Gasteiger partial charge in [0.25, 0.3) is 0 Å². The van der Waals surface area contributed by atoms with Crippen LogP contribution in [0.25, 0.3) is 0 Å². The average molecular weight is 469 g/mol. The van der Waals surface area contributed by atoms with Crippen molar-refractivity contribution in [1.29, 1.82) is 0 Å². The van der Waals surface area contributed by atoms with Crippen LogP contribution in [0.1, 0.15) is 50.8 Å². The zero-order valence-electron chi connectivity index (χ0n) is 20.5. The van der Waals surface area contributed by atoms with Gasteiger partial charge in [0, 0.05) is 50.5 Å². The molecule has 3 N–H and O–H groups in total. The SMILES string of the molecule is COCCCNC(=O)C(c1cccnc1)N(C(=O)[C@H]1C[C@@H](O)CN1)c1ccc(C(C)(C)C)cc1. The van der Waals surface area contributed by atoms with Crippen molar-refractivity contribution in [2.75, 3.05) is 31.7 Å². The number of rotatable bonds is 9. The number of ether oxygens (including phenoxy) is 1. The van der Waals surface area contributed by atoms with Crippen molar-refractivity contribution < 1.29 is 19.4 Å². The van der Waals surface area contributed by atoms with Gasteiger partial charge in [0.15, 0.2) is 0 Å². The second-order valence-electron chi connectivity index (χ2n) is 9.68. The zero-order valence-corrected chi connectivity index (χ0v) is 20.5. The Labute approximate surface area is 201 Å². The number of carbonyl (C=O) groups excluding carboxylic acids is 2. The van der Waals surface area contributed by atoms with E-state index in [2.05, 4.69) is 36.4 Å². The van der Waals surface area contributed by atoms with E-state index in [1.807, 2.05) is 24.3 Å². The molecule has 2 amide bonds. The average Bonchev–Trinajstić information content (AvgIpc) is 3.26. The molecule has 1 aromatic carbocycles. The van der Waals surface area contributed by atoms with E-state index in [9.17, 15) is 14.7 Å². The maximum Gasteiger partial charge on any atom is 0.247 e. The van der Waals surface area contributed by atoms with Crippen LogP contribution in [-0.4, -0.2) is 60.9 Å². The molecule has 0 spiro atoms. The first-order valence-corrected chi connectivity index (χ1v) is 11.7. The van der Waals surface area contributed by atoms with E-state index in [1.165, 1.54) is 4.90 Å². The van der Waals surface area contributed by atoms with E-state index in [1.54, 1.807) is 31.6 Å².